The molecule has 110 valence electrons. The van der Waals surface area contributed by atoms with Gasteiger partial charge in [0, 0.05) is 12.0 Å². The van der Waals surface area contributed by atoms with E-state index in [4.69, 9.17) is 9.46 Å². The molecule has 0 saturated carbocycles. The maximum Gasteiger partial charge on any atom is 0.364 e. The number of hydrogen-bond donors (Lipinski definition) is 0. The van der Waals surface area contributed by atoms with Gasteiger partial charge in [0.15, 0.2) is 0 Å². The summed E-state index contributed by atoms with van der Waals surface area (Å²) in [5.41, 5.74) is 0. The van der Waals surface area contributed by atoms with Crippen LogP contribution < -0.4 is 0 Å². The first-order valence-electron chi connectivity index (χ1n) is 6.61. The Morgan fingerprint density at radius 2 is 1.89 bits per heavy atom. The lowest BCUT2D eigenvalue weighted by Crippen LogP contribution is -2.41. The normalized spacial score (nSPS) is 14.4. The second-order valence-electron chi connectivity index (χ2n) is 6.34. The summed E-state index contributed by atoms with van der Waals surface area (Å²) in [6.07, 6.45) is 5.38. The van der Waals surface area contributed by atoms with Crippen LogP contribution in [0.3, 0.4) is 0 Å². The number of rotatable bonds is 7. The minimum absolute atomic E-state index is 0.00358. The highest BCUT2D eigenvalue weighted by Gasteiger charge is 2.40. The Balaban J connectivity index is 4.06. The molecule has 0 bridgehead atoms. The second-order valence-corrected chi connectivity index (χ2v) is 11.0. The Kier molecular flexibility index (Phi) is 7.22. The summed E-state index contributed by atoms with van der Waals surface area (Å²) in [5.74, 6) is -0.479. The number of carbonyl (C=O) groups excluding carboxylic acids is 2. The van der Waals surface area contributed by atoms with Crippen molar-refractivity contribution in [3.05, 3.63) is 12.2 Å². The van der Waals surface area contributed by atoms with Crippen molar-refractivity contribution in [1.29, 1.82) is 0 Å². The number of aldehydes is 1. The minimum Gasteiger partial charge on any atom is -0.305 e. The number of carbonyl (C=O) groups is 2. The second kappa shape index (κ2) is 7.60. The Hall–Kier alpha value is -0.943. The molecule has 0 spiro atoms. The van der Waals surface area contributed by atoms with E-state index in [1.165, 1.54) is 6.08 Å². The molecule has 19 heavy (non-hydrogen) atoms. The van der Waals surface area contributed by atoms with Crippen molar-refractivity contribution in [1.82, 2.24) is 0 Å². The fourth-order valence-corrected chi connectivity index (χ4v) is 1.45. The van der Waals surface area contributed by atoms with Gasteiger partial charge >= 0.3 is 5.97 Å². The van der Waals surface area contributed by atoms with E-state index >= 15 is 0 Å². The Bertz CT molecular complexity index is 329. The summed E-state index contributed by atoms with van der Waals surface area (Å²) in [6, 6.07) is 0. The summed E-state index contributed by atoms with van der Waals surface area (Å²) >= 11 is 0. The highest BCUT2D eigenvalue weighted by atomic mass is 28.4. The molecule has 0 saturated heterocycles. The molecular weight excluding hydrogens is 260 g/mol. The third-order valence-electron chi connectivity index (χ3n) is 3.41. The molecule has 0 aromatic carbocycles. The van der Waals surface area contributed by atoms with Crippen LogP contribution in [-0.2, 0) is 19.1 Å². The van der Waals surface area contributed by atoms with E-state index in [-0.39, 0.29) is 11.0 Å². The van der Waals surface area contributed by atoms with Crippen LogP contribution in [0.1, 0.15) is 40.5 Å². The highest BCUT2D eigenvalue weighted by Crippen LogP contribution is 2.36. The minimum atomic E-state index is -2.06. The van der Waals surface area contributed by atoms with Gasteiger partial charge in [0.05, 0.1) is 0 Å². The topological polar surface area (TPSA) is 52.6 Å². The largest absolute Gasteiger partial charge is 0.364 e. The van der Waals surface area contributed by atoms with Crippen LogP contribution in [0.15, 0.2) is 12.2 Å². The Morgan fingerprint density at radius 1 is 1.32 bits per heavy atom. The summed E-state index contributed by atoms with van der Waals surface area (Å²) in [6.45, 7) is 12.1. The molecule has 0 rings (SSSR count). The summed E-state index contributed by atoms with van der Waals surface area (Å²) in [4.78, 5) is 26.7. The maximum atomic E-state index is 11.4. The van der Waals surface area contributed by atoms with Crippen LogP contribution in [0, 0.1) is 5.92 Å². The van der Waals surface area contributed by atoms with Crippen molar-refractivity contribution >= 4 is 20.6 Å². The van der Waals surface area contributed by atoms with Gasteiger partial charge in [-0.05, 0) is 31.0 Å². The van der Waals surface area contributed by atoms with Gasteiger partial charge in [0.1, 0.15) is 6.29 Å². The molecule has 0 N–H and O–H groups in total. The quantitative estimate of drug-likeness (QED) is 0.236. The first-order chi connectivity index (χ1) is 8.60. The van der Waals surface area contributed by atoms with Crippen molar-refractivity contribution in [2.45, 2.75) is 58.7 Å². The predicted molar refractivity (Wildman–Crippen MR) is 78.0 cm³/mol. The van der Waals surface area contributed by atoms with Gasteiger partial charge < -0.3 is 9.68 Å². The molecule has 1 atom stereocenters. The molecule has 0 aliphatic heterocycles. The van der Waals surface area contributed by atoms with Gasteiger partial charge in [-0.3, -0.25) is 0 Å². The van der Waals surface area contributed by atoms with E-state index in [1.54, 1.807) is 6.08 Å². The van der Waals surface area contributed by atoms with E-state index in [0.717, 1.165) is 12.7 Å². The molecule has 0 fully saturated rings. The van der Waals surface area contributed by atoms with E-state index in [0.29, 0.717) is 6.42 Å². The van der Waals surface area contributed by atoms with Crippen LogP contribution in [0.2, 0.25) is 18.1 Å². The predicted octanol–water partition coefficient (Wildman–Crippen LogP) is 3.64. The summed E-state index contributed by atoms with van der Waals surface area (Å²) in [7, 11) is -2.06. The molecule has 4 nitrogen and oxygen atoms in total. The van der Waals surface area contributed by atoms with E-state index in [2.05, 4.69) is 20.8 Å². The Labute approximate surface area is 117 Å². The van der Waals surface area contributed by atoms with Crippen molar-refractivity contribution in [2.24, 2.45) is 5.92 Å². The molecule has 5 heteroatoms. The standard InChI is InChI=1S/C14H26O4Si/c1-12(11-15)9-7-8-10-13(16)17-18-19(5,6)14(2,3)4/h8,10-12H,7,9H2,1-6H3/b10-8+. The van der Waals surface area contributed by atoms with Crippen LogP contribution in [-0.4, -0.2) is 20.6 Å². The average molecular weight is 286 g/mol. The average Bonchev–Trinajstić information content (AvgIpc) is 2.30. The lowest BCUT2D eigenvalue weighted by atomic mass is 10.1. The number of allylic oxidation sites excluding steroid dienone is 1. The third kappa shape index (κ3) is 7.27. The van der Waals surface area contributed by atoms with Gasteiger partial charge in [0.2, 0.25) is 0 Å². The Morgan fingerprint density at radius 3 is 2.37 bits per heavy atom. The van der Waals surface area contributed by atoms with Crippen molar-refractivity contribution in [3.8, 4) is 0 Å². The van der Waals surface area contributed by atoms with Gasteiger partial charge in [-0.2, -0.15) is 0 Å². The molecular formula is C14H26O4Si. The zero-order chi connectivity index (χ0) is 15.1. The van der Waals surface area contributed by atoms with Crippen LogP contribution in [0.5, 0.6) is 0 Å². The molecule has 0 aromatic rings. The SMILES string of the molecule is CC(C=O)CC/C=C/C(=O)OO[Si](C)(C)C(C)(C)C. The molecule has 0 radical (unpaired) electrons. The van der Waals surface area contributed by atoms with Gasteiger partial charge in [-0.1, -0.05) is 33.8 Å². The number of hydrogen-bond acceptors (Lipinski definition) is 4. The zero-order valence-corrected chi connectivity index (χ0v) is 13.9. The van der Waals surface area contributed by atoms with Gasteiger partial charge in [-0.15, -0.1) is 0 Å². The molecule has 0 aliphatic rings. The monoisotopic (exact) mass is 286 g/mol. The van der Waals surface area contributed by atoms with E-state index in [9.17, 15) is 9.59 Å². The molecule has 0 heterocycles. The summed E-state index contributed by atoms with van der Waals surface area (Å²) in [5, 5.41) is -0.00358. The molecule has 1 unspecified atom stereocenters. The molecule has 0 aliphatic carbocycles. The summed E-state index contributed by atoms with van der Waals surface area (Å²) < 4.78 is 5.34. The van der Waals surface area contributed by atoms with E-state index < -0.39 is 14.3 Å². The van der Waals surface area contributed by atoms with Crippen LogP contribution in [0.25, 0.3) is 0 Å². The maximum absolute atomic E-state index is 11.4. The molecule has 0 aromatic heterocycles. The fraction of sp³-hybridized carbons (Fsp3) is 0.714. The van der Waals surface area contributed by atoms with Crippen molar-refractivity contribution in [3.63, 3.8) is 0 Å². The van der Waals surface area contributed by atoms with Crippen molar-refractivity contribution in [2.75, 3.05) is 0 Å². The van der Waals surface area contributed by atoms with Crippen LogP contribution in [0.4, 0.5) is 0 Å². The first-order valence-corrected chi connectivity index (χ1v) is 9.52. The lowest BCUT2D eigenvalue weighted by Gasteiger charge is -2.33. The smallest absolute Gasteiger partial charge is 0.305 e. The van der Waals surface area contributed by atoms with Crippen LogP contribution >= 0.6 is 0 Å². The van der Waals surface area contributed by atoms with Gasteiger partial charge in [-0.25, -0.2) is 9.37 Å². The fourth-order valence-electron chi connectivity index (χ4n) is 0.905. The van der Waals surface area contributed by atoms with Gasteiger partial charge in [0.25, 0.3) is 8.32 Å². The zero-order valence-electron chi connectivity index (χ0n) is 12.9. The third-order valence-corrected chi connectivity index (χ3v) is 7.53. The first kappa shape index (κ1) is 18.1. The van der Waals surface area contributed by atoms with Crippen molar-refractivity contribution < 1.29 is 19.1 Å². The molecule has 0 amide bonds. The lowest BCUT2D eigenvalue weighted by molar-refractivity contribution is -0.215. The highest BCUT2D eigenvalue weighted by molar-refractivity contribution is 6.73. The van der Waals surface area contributed by atoms with E-state index in [1.807, 2.05) is 20.0 Å².